The van der Waals surface area contributed by atoms with E-state index in [1.54, 1.807) is 27.8 Å². The molecule has 1 aromatic heterocycles. The van der Waals surface area contributed by atoms with E-state index in [0.717, 1.165) is 42.9 Å². The first kappa shape index (κ1) is 21.5. The third kappa shape index (κ3) is 4.76. The van der Waals surface area contributed by atoms with Crippen LogP contribution in [0.2, 0.25) is 0 Å². The second-order valence-corrected chi connectivity index (χ2v) is 11.2. The van der Waals surface area contributed by atoms with Crippen LogP contribution in [0, 0.1) is 5.92 Å². The summed E-state index contributed by atoms with van der Waals surface area (Å²) in [5.74, 6) is 0.681. The Kier molecular flexibility index (Phi) is 6.55. The summed E-state index contributed by atoms with van der Waals surface area (Å²) in [6.45, 7) is 3.43. The number of nitrogens with zero attached hydrogens (tertiary/aromatic N) is 2. The van der Waals surface area contributed by atoms with Gasteiger partial charge in [-0.25, -0.2) is 13.4 Å². The fourth-order valence-electron chi connectivity index (χ4n) is 4.19. The number of benzene rings is 1. The van der Waals surface area contributed by atoms with Gasteiger partial charge in [0.2, 0.25) is 15.9 Å². The molecule has 2 heterocycles. The number of thiazole rings is 1. The lowest BCUT2D eigenvalue weighted by molar-refractivity contribution is -0.116. The van der Waals surface area contributed by atoms with Crippen molar-refractivity contribution in [2.24, 2.45) is 5.92 Å². The molecular formula is C22H29N3O3S2. The molecule has 162 valence electrons. The van der Waals surface area contributed by atoms with E-state index in [0.29, 0.717) is 36.0 Å². The number of hydrogen-bond acceptors (Lipinski definition) is 5. The standard InChI is InChI=1S/C22H29N3O3S2/c1-2-16-7-11-19-20(15-16)29-22(23-19)24-21(26)12-8-17-5-9-18(10-6-17)30(27,28)25-13-3-4-14-25/h5-6,9-10,16H,2-4,7-8,11-15H2,1H3,(H,23,24,26). The van der Waals surface area contributed by atoms with Crippen molar-refractivity contribution in [3.63, 3.8) is 0 Å². The Morgan fingerprint density at radius 2 is 1.97 bits per heavy atom. The van der Waals surface area contributed by atoms with E-state index in [9.17, 15) is 13.2 Å². The Labute approximate surface area is 182 Å². The molecular weight excluding hydrogens is 418 g/mol. The summed E-state index contributed by atoms with van der Waals surface area (Å²) in [6, 6.07) is 6.92. The van der Waals surface area contributed by atoms with Crippen LogP contribution in [-0.4, -0.2) is 36.7 Å². The maximum absolute atomic E-state index is 12.6. The molecule has 8 heteroatoms. The molecule has 1 aromatic carbocycles. The van der Waals surface area contributed by atoms with Gasteiger partial charge < -0.3 is 5.32 Å². The lowest BCUT2D eigenvalue weighted by Gasteiger charge is -2.18. The zero-order valence-electron chi connectivity index (χ0n) is 17.4. The van der Waals surface area contributed by atoms with Crippen molar-refractivity contribution in [2.75, 3.05) is 18.4 Å². The SMILES string of the molecule is CCC1CCc2nc(NC(=O)CCc3ccc(S(=O)(=O)N4CCCC4)cc3)sc2C1. The van der Waals surface area contributed by atoms with Gasteiger partial charge >= 0.3 is 0 Å². The molecule has 1 atom stereocenters. The lowest BCUT2D eigenvalue weighted by Crippen LogP contribution is -2.27. The maximum atomic E-state index is 12.6. The summed E-state index contributed by atoms with van der Waals surface area (Å²) in [6.07, 6.45) is 7.22. The van der Waals surface area contributed by atoms with Gasteiger partial charge in [-0.3, -0.25) is 4.79 Å². The number of aromatic nitrogens is 1. The van der Waals surface area contributed by atoms with E-state index >= 15 is 0 Å². The van der Waals surface area contributed by atoms with Gasteiger partial charge in [0.1, 0.15) is 0 Å². The number of amides is 1. The van der Waals surface area contributed by atoms with Crippen LogP contribution in [0.15, 0.2) is 29.2 Å². The highest BCUT2D eigenvalue weighted by Crippen LogP contribution is 2.33. The fourth-order valence-corrected chi connectivity index (χ4v) is 6.85. The van der Waals surface area contributed by atoms with Crippen LogP contribution < -0.4 is 5.32 Å². The minimum absolute atomic E-state index is 0.0538. The molecule has 30 heavy (non-hydrogen) atoms. The number of anilines is 1. The maximum Gasteiger partial charge on any atom is 0.243 e. The summed E-state index contributed by atoms with van der Waals surface area (Å²) < 4.78 is 26.7. The molecule has 1 unspecified atom stereocenters. The molecule has 4 rings (SSSR count). The van der Waals surface area contributed by atoms with Crippen LogP contribution in [0.4, 0.5) is 5.13 Å². The first-order valence-corrected chi connectivity index (χ1v) is 13.1. The van der Waals surface area contributed by atoms with Crippen LogP contribution in [0.25, 0.3) is 0 Å². The zero-order chi connectivity index (χ0) is 21.1. The molecule has 0 radical (unpaired) electrons. The highest BCUT2D eigenvalue weighted by atomic mass is 32.2. The van der Waals surface area contributed by atoms with Crippen LogP contribution >= 0.6 is 11.3 Å². The Bertz CT molecular complexity index is 993. The number of rotatable bonds is 7. The molecule has 1 fully saturated rings. The lowest BCUT2D eigenvalue weighted by atomic mass is 9.89. The summed E-state index contributed by atoms with van der Waals surface area (Å²) in [4.78, 5) is 18.6. The average Bonchev–Trinajstić information content (AvgIpc) is 3.42. The van der Waals surface area contributed by atoms with Crippen molar-refractivity contribution < 1.29 is 13.2 Å². The van der Waals surface area contributed by atoms with Gasteiger partial charge in [0.15, 0.2) is 5.13 Å². The van der Waals surface area contributed by atoms with Gasteiger partial charge in [-0.05, 0) is 62.1 Å². The Balaban J connectivity index is 1.31. The number of carbonyl (C=O) groups excluding carboxylic acids is 1. The van der Waals surface area contributed by atoms with E-state index in [1.165, 1.54) is 17.7 Å². The zero-order valence-corrected chi connectivity index (χ0v) is 19.0. The first-order chi connectivity index (χ1) is 14.5. The summed E-state index contributed by atoms with van der Waals surface area (Å²) in [7, 11) is -3.39. The van der Waals surface area contributed by atoms with Crippen LogP contribution in [-0.2, 0) is 34.1 Å². The second kappa shape index (κ2) is 9.16. The Morgan fingerprint density at radius 1 is 1.23 bits per heavy atom. The normalized spacial score (nSPS) is 19.6. The van der Waals surface area contributed by atoms with E-state index in [1.807, 2.05) is 12.1 Å². The smallest absolute Gasteiger partial charge is 0.243 e. The number of carbonyl (C=O) groups is 1. The van der Waals surface area contributed by atoms with Gasteiger partial charge in [0.05, 0.1) is 10.6 Å². The molecule has 6 nitrogen and oxygen atoms in total. The predicted molar refractivity (Wildman–Crippen MR) is 119 cm³/mol. The van der Waals surface area contributed by atoms with Crippen molar-refractivity contribution in [1.82, 2.24) is 9.29 Å². The number of aryl methyl sites for hydroxylation is 2. The van der Waals surface area contributed by atoms with E-state index in [2.05, 4.69) is 17.2 Å². The molecule has 1 amide bonds. The molecule has 1 saturated heterocycles. The first-order valence-electron chi connectivity index (χ1n) is 10.8. The summed E-state index contributed by atoms with van der Waals surface area (Å²) in [5, 5.41) is 3.64. The second-order valence-electron chi connectivity index (χ2n) is 8.21. The van der Waals surface area contributed by atoms with E-state index in [-0.39, 0.29) is 5.91 Å². The van der Waals surface area contributed by atoms with Gasteiger partial charge in [0.25, 0.3) is 0 Å². The number of fused-ring (bicyclic) bond motifs is 1. The van der Waals surface area contributed by atoms with Crippen molar-refractivity contribution >= 4 is 32.4 Å². The molecule has 0 bridgehead atoms. The van der Waals surface area contributed by atoms with Gasteiger partial charge in [0, 0.05) is 24.4 Å². The highest BCUT2D eigenvalue weighted by Gasteiger charge is 2.27. The Hall–Kier alpha value is -1.77. The summed E-state index contributed by atoms with van der Waals surface area (Å²) in [5.41, 5.74) is 2.10. The van der Waals surface area contributed by atoms with Crippen molar-refractivity contribution in [2.45, 2.75) is 63.2 Å². The molecule has 1 aliphatic carbocycles. The number of nitrogens with one attached hydrogen (secondary N) is 1. The molecule has 1 N–H and O–H groups in total. The van der Waals surface area contributed by atoms with Crippen molar-refractivity contribution in [1.29, 1.82) is 0 Å². The minimum atomic E-state index is -3.39. The summed E-state index contributed by atoms with van der Waals surface area (Å²) >= 11 is 1.61. The molecule has 2 aliphatic rings. The Morgan fingerprint density at radius 3 is 2.67 bits per heavy atom. The molecule has 1 aliphatic heterocycles. The average molecular weight is 448 g/mol. The van der Waals surface area contributed by atoms with Crippen molar-refractivity contribution in [3.8, 4) is 0 Å². The van der Waals surface area contributed by atoms with Crippen LogP contribution in [0.5, 0.6) is 0 Å². The number of hydrogen-bond donors (Lipinski definition) is 1. The van der Waals surface area contributed by atoms with Crippen molar-refractivity contribution in [3.05, 3.63) is 40.4 Å². The third-order valence-corrected chi connectivity index (χ3v) is 9.08. The third-order valence-electron chi connectivity index (χ3n) is 6.13. The van der Waals surface area contributed by atoms with E-state index < -0.39 is 10.0 Å². The minimum Gasteiger partial charge on any atom is -0.302 e. The largest absolute Gasteiger partial charge is 0.302 e. The fraction of sp³-hybridized carbons (Fsp3) is 0.545. The van der Waals surface area contributed by atoms with Crippen LogP contribution in [0.1, 0.15) is 55.2 Å². The highest BCUT2D eigenvalue weighted by molar-refractivity contribution is 7.89. The molecule has 0 spiro atoms. The number of sulfonamides is 1. The van der Waals surface area contributed by atoms with Gasteiger partial charge in [-0.2, -0.15) is 4.31 Å². The molecule has 0 saturated carbocycles. The van der Waals surface area contributed by atoms with Crippen LogP contribution in [0.3, 0.4) is 0 Å². The van der Waals surface area contributed by atoms with E-state index in [4.69, 9.17) is 0 Å². The quantitative estimate of drug-likeness (QED) is 0.695. The van der Waals surface area contributed by atoms with Gasteiger partial charge in [-0.1, -0.05) is 25.5 Å². The molecule has 2 aromatic rings. The van der Waals surface area contributed by atoms with Gasteiger partial charge in [-0.15, -0.1) is 11.3 Å². The monoisotopic (exact) mass is 447 g/mol. The topological polar surface area (TPSA) is 79.4 Å². The predicted octanol–water partition coefficient (Wildman–Crippen LogP) is 4.01.